The number of hydrogen-bond donors (Lipinski definition) is 1. The Bertz CT molecular complexity index is 163. The van der Waals surface area contributed by atoms with E-state index in [1.165, 1.54) is 0 Å². The first-order valence-electron chi connectivity index (χ1n) is 5.56. The summed E-state index contributed by atoms with van der Waals surface area (Å²) in [5, 5.41) is 3.32. The van der Waals surface area contributed by atoms with Crippen molar-refractivity contribution in [1.29, 1.82) is 0 Å². The van der Waals surface area contributed by atoms with Crippen LogP contribution in [-0.4, -0.2) is 43.5 Å². The molecular formula is C11H24F2N2. The van der Waals surface area contributed by atoms with Crippen molar-refractivity contribution in [3.8, 4) is 0 Å². The molecule has 0 aliphatic rings. The fraction of sp³-hybridized carbons (Fsp3) is 1.00. The Balaban J connectivity index is 3.90. The van der Waals surface area contributed by atoms with E-state index in [0.29, 0.717) is 12.0 Å². The lowest BCUT2D eigenvalue weighted by Gasteiger charge is -2.30. The summed E-state index contributed by atoms with van der Waals surface area (Å²) in [7, 11) is 1.75. The van der Waals surface area contributed by atoms with E-state index in [2.05, 4.69) is 26.1 Å². The van der Waals surface area contributed by atoms with Crippen LogP contribution in [0.15, 0.2) is 0 Å². The second-order valence-electron chi connectivity index (χ2n) is 4.61. The van der Waals surface area contributed by atoms with E-state index >= 15 is 0 Å². The van der Waals surface area contributed by atoms with Gasteiger partial charge in [-0.15, -0.1) is 0 Å². The van der Waals surface area contributed by atoms with E-state index in [1.54, 1.807) is 11.9 Å². The zero-order valence-corrected chi connectivity index (χ0v) is 10.4. The van der Waals surface area contributed by atoms with Crippen LogP contribution in [0.4, 0.5) is 8.78 Å². The van der Waals surface area contributed by atoms with Gasteiger partial charge in [0.1, 0.15) is 0 Å². The topological polar surface area (TPSA) is 15.3 Å². The molecule has 0 amide bonds. The molecule has 0 radical (unpaired) electrons. The predicted molar refractivity (Wildman–Crippen MR) is 60.4 cm³/mol. The molecule has 0 aliphatic heterocycles. The SMILES string of the molecule is CC(C)NCC(C)C(C)N(C)CC(F)F. The Labute approximate surface area is 92.0 Å². The molecule has 1 N–H and O–H groups in total. The number of nitrogens with zero attached hydrogens (tertiary/aromatic N) is 1. The number of halogens is 2. The molecule has 0 spiro atoms. The molecule has 2 atom stereocenters. The Morgan fingerprint density at radius 2 is 1.67 bits per heavy atom. The maximum Gasteiger partial charge on any atom is 0.251 e. The van der Waals surface area contributed by atoms with E-state index in [-0.39, 0.29) is 12.6 Å². The number of nitrogens with one attached hydrogen (secondary N) is 1. The summed E-state index contributed by atoms with van der Waals surface area (Å²) in [5.74, 6) is 0.371. The Morgan fingerprint density at radius 1 is 1.13 bits per heavy atom. The van der Waals surface area contributed by atoms with E-state index in [1.807, 2.05) is 6.92 Å². The van der Waals surface area contributed by atoms with Gasteiger partial charge < -0.3 is 5.32 Å². The molecule has 0 aromatic heterocycles. The second kappa shape index (κ2) is 7.12. The lowest BCUT2D eigenvalue weighted by molar-refractivity contribution is 0.0713. The maximum absolute atomic E-state index is 12.2. The summed E-state index contributed by atoms with van der Waals surface area (Å²) in [4.78, 5) is 1.72. The van der Waals surface area contributed by atoms with E-state index in [0.717, 1.165) is 6.54 Å². The highest BCUT2D eigenvalue weighted by molar-refractivity contribution is 4.73. The van der Waals surface area contributed by atoms with Gasteiger partial charge in [-0.05, 0) is 26.4 Å². The molecule has 0 aromatic rings. The molecular weight excluding hydrogens is 198 g/mol. The summed E-state index contributed by atoms with van der Waals surface area (Å²) in [6, 6.07) is 0.616. The van der Waals surface area contributed by atoms with E-state index < -0.39 is 6.43 Å². The fourth-order valence-corrected chi connectivity index (χ4v) is 1.41. The summed E-state index contributed by atoms with van der Waals surface area (Å²) in [6.07, 6.45) is -2.25. The van der Waals surface area contributed by atoms with Gasteiger partial charge in [0.2, 0.25) is 0 Å². The van der Waals surface area contributed by atoms with Gasteiger partial charge in [-0.1, -0.05) is 20.8 Å². The predicted octanol–water partition coefficient (Wildman–Crippen LogP) is 2.21. The third-order valence-corrected chi connectivity index (χ3v) is 2.79. The van der Waals surface area contributed by atoms with Crippen molar-refractivity contribution in [2.45, 2.75) is 46.2 Å². The smallest absolute Gasteiger partial charge is 0.251 e. The first-order valence-corrected chi connectivity index (χ1v) is 5.56. The number of alkyl halides is 2. The van der Waals surface area contributed by atoms with Gasteiger partial charge in [-0.2, -0.15) is 0 Å². The van der Waals surface area contributed by atoms with Crippen molar-refractivity contribution in [2.24, 2.45) is 5.92 Å². The largest absolute Gasteiger partial charge is 0.314 e. The molecule has 0 bridgehead atoms. The van der Waals surface area contributed by atoms with Gasteiger partial charge in [0.15, 0.2) is 0 Å². The van der Waals surface area contributed by atoms with Crippen molar-refractivity contribution < 1.29 is 8.78 Å². The molecule has 2 unspecified atom stereocenters. The lowest BCUT2D eigenvalue weighted by Crippen LogP contribution is -2.42. The maximum atomic E-state index is 12.2. The third kappa shape index (κ3) is 6.79. The average molecular weight is 222 g/mol. The normalized spacial score (nSPS) is 16.4. The molecule has 0 aromatic carbocycles. The summed E-state index contributed by atoms with van der Waals surface area (Å²) in [5.41, 5.74) is 0. The Hall–Kier alpha value is -0.220. The number of rotatable bonds is 7. The summed E-state index contributed by atoms with van der Waals surface area (Å²) < 4.78 is 24.3. The van der Waals surface area contributed by atoms with Crippen LogP contribution < -0.4 is 5.32 Å². The van der Waals surface area contributed by atoms with Crippen LogP contribution in [-0.2, 0) is 0 Å². The molecule has 0 saturated heterocycles. The molecule has 15 heavy (non-hydrogen) atoms. The first kappa shape index (κ1) is 14.8. The fourth-order valence-electron chi connectivity index (χ4n) is 1.41. The van der Waals surface area contributed by atoms with Gasteiger partial charge >= 0.3 is 0 Å². The van der Waals surface area contributed by atoms with E-state index in [9.17, 15) is 8.78 Å². The van der Waals surface area contributed by atoms with Gasteiger partial charge in [0.25, 0.3) is 6.43 Å². The zero-order chi connectivity index (χ0) is 12.0. The minimum absolute atomic E-state index is 0.146. The van der Waals surface area contributed by atoms with Crippen LogP contribution in [0.5, 0.6) is 0 Å². The molecule has 0 fully saturated rings. The van der Waals surface area contributed by atoms with Crippen molar-refractivity contribution in [1.82, 2.24) is 10.2 Å². The van der Waals surface area contributed by atoms with Gasteiger partial charge in [-0.3, -0.25) is 4.90 Å². The van der Waals surface area contributed by atoms with Gasteiger partial charge in [0.05, 0.1) is 6.54 Å². The third-order valence-electron chi connectivity index (χ3n) is 2.79. The van der Waals surface area contributed by atoms with Crippen LogP contribution >= 0.6 is 0 Å². The van der Waals surface area contributed by atoms with Crippen LogP contribution in [0.3, 0.4) is 0 Å². The van der Waals surface area contributed by atoms with Crippen molar-refractivity contribution in [3.63, 3.8) is 0 Å². The van der Waals surface area contributed by atoms with Crippen molar-refractivity contribution in [3.05, 3.63) is 0 Å². The van der Waals surface area contributed by atoms with Crippen LogP contribution in [0, 0.1) is 5.92 Å². The highest BCUT2D eigenvalue weighted by Crippen LogP contribution is 2.10. The minimum atomic E-state index is -2.25. The van der Waals surface area contributed by atoms with E-state index in [4.69, 9.17) is 0 Å². The van der Waals surface area contributed by atoms with Crippen LogP contribution in [0.25, 0.3) is 0 Å². The average Bonchev–Trinajstić information content (AvgIpc) is 2.11. The van der Waals surface area contributed by atoms with Crippen LogP contribution in [0.2, 0.25) is 0 Å². The van der Waals surface area contributed by atoms with Gasteiger partial charge in [-0.25, -0.2) is 8.78 Å². The minimum Gasteiger partial charge on any atom is -0.314 e. The highest BCUT2D eigenvalue weighted by atomic mass is 19.3. The monoisotopic (exact) mass is 222 g/mol. The standard InChI is InChI=1S/C11H24F2N2/c1-8(2)14-6-9(3)10(4)15(5)7-11(12)13/h8-11,14H,6-7H2,1-5H3. The quantitative estimate of drug-likeness (QED) is 0.710. The molecule has 0 saturated carbocycles. The van der Waals surface area contributed by atoms with Crippen molar-refractivity contribution >= 4 is 0 Å². The lowest BCUT2D eigenvalue weighted by atomic mass is 10.0. The summed E-state index contributed by atoms with van der Waals surface area (Å²) in [6.45, 7) is 8.97. The molecule has 4 heteroatoms. The molecule has 92 valence electrons. The molecule has 0 heterocycles. The highest BCUT2D eigenvalue weighted by Gasteiger charge is 2.19. The second-order valence-corrected chi connectivity index (χ2v) is 4.61. The van der Waals surface area contributed by atoms with Crippen molar-refractivity contribution in [2.75, 3.05) is 20.1 Å². The zero-order valence-electron chi connectivity index (χ0n) is 10.4. The molecule has 0 aliphatic carbocycles. The van der Waals surface area contributed by atoms with Crippen LogP contribution in [0.1, 0.15) is 27.7 Å². The summed E-state index contributed by atoms with van der Waals surface area (Å²) >= 11 is 0. The van der Waals surface area contributed by atoms with Gasteiger partial charge in [0, 0.05) is 12.1 Å². The Morgan fingerprint density at radius 3 is 2.07 bits per heavy atom. The first-order chi connectivity index (χ1) is 6.84. The Kier molecular flexibility index (Phi) is 7.02. The number of hydrogen-bond acceptors (Lipinski definition) is 2. The molecule has 0 rings (SSSR count). The molecule has 2 nitrogen and oxygen atoms in total.